The van der Waals surface area contributed by atoms with Crippen molar-refractivity contribution in [1.82, 2.24) is 25.6 Å². The molecule has 0 saturated carbocycles. The Morgan fingerprint density at radius 2 is 1.58 bits per heavy atom. The fourth-order valence-electron chi connectivity index (χ4n) is 6.92. The summed E-state index contributed by atoms with van der Waals surface area (Å²) in [7, 11) is 0. The Kier molecular flexibility index (Phi) is 12.5. The van der Waals surface area contributed by atoms with Crippen molar-refractivity contribution in [2.45, 2.75) is 26.1 Å². The number of H-pyrrole nitrogens is 2. The normalized spacial score (nSPS) is 11.1. The first-order valence-electron chi connectivity index (χ1n) is 19.8. The van der Waals surface area contributed by atoms with Crippen LogP contribution in [-0.2, 0) is 29.3 Å². The zero-order chi connectivity index (χ0) is 44.7. The summed E-state index contributed by atoms with van der Waals surface area (Å²) in [6, 6.07) is 27.7. The van der Waals surface area contributed by atoms with Crippen LogP contribution >= 0.6 is 11.8 Å². The molecule has 0 saturated heterocycles. The van der Waals surface area contributed by atoms with Crippen molar-refractivity contribution in [3.05, 3.63) is 147 Å². The maximum Gasteiger partial charge on any atom is 0.392 e. The molecule has 17 nitrogen and oxygen atoms in total. The molecule has 0 bridgehead atoms. The third kappa shape index (κ3) is 9.93. The first-order chi connectivity index (χ1) is 31.0. The quantitative estimate of drug-likeness (QED) is 0.0466. The molecule has 0 fully saturated rings. The molecule has 0 atom stereocenters. The Labute approximate surface area is 367 Å². The summed E-state index contributed by atoms with van der Waals surface area (Å²) in [5.41, 5.74) is 11.4. The third-order valence-electron chi connectivity index (χ3n) is 10.1. The maximum atomic E-state index is 12.8. The molecule has 2 aliphatic rings. The predicted molar refractivity (Wildman–Crippen MR) is 239 cm³/mol. The van der Waals surface area contributed by atoms with Crippen LogP contribution in [0.4, 0.5) is 11.6 Å². The molecule has 1 aliphatic carbocycles. The number of aromatic nitrogens is 4. The Morgan fingerprint density at radius 1 is 0.844 bits per heavy atom. The zero-order valence-corrected chi connectivity index (χ0v) is 34.6. The van der Waals surface area contributed by atoms with E-state index in [1.54, 1.807) is 48.5 Å². The number of ether oxygens (including phenoxy) is 1. The van der Waals surface area contributed by atoms with Gasteiger partial charge in [0.25, 0.3) is 17.4 Å². The molecule has 3 heterocycles. The van der Waals surface area contributed by atoms with Crippen molar-refractivity contribution in [2.24, 2.45) is 0 Å². The van der Waals surface area contributed by atoms with Crippen molar-refractivity contribution in [2.75, 3.05) is 22.6 Å². The van der Waals surface area contributed by atoms with Gasteiger partial charge in [-0.2, -0.15) is 11.8 Å². The number of hydrogen-bond donors (Lipinski definition) is 7. The van der Waals surface area contributed by atoms with E-state index in [1.165, 1.54) is 48.4 Å². The van der Waals surface area contributed by atoms with Crippen molar-refractivity contribution in [1.29, 1.82) is 0 Å². The fraction of sp³-hybridized carbons (Fsp3) is 0.130. The van der Waals surface area contributed by atoms with Crippen LogP contribution in [-0.4, -0.2) is 60.4 Å². The number of nitrogens with one attached hydrogen (secondary N) is 5. The summed E-state index contributed by atoms with van der Waals surface area (Å²) in [5.74, 6) is -0.903. The molecule has 4 aromatic carbocycles. The standard InChI is InChI=1S/C46H38N8O9S/c47-46-53-42-41(50-24-51-42)44(54-46)62-22-27-3-1-25(2-4-27)21-49-43(59)28-7-5-26(6-8-28)20-48-38(57)15-16-64-23-39(58)52-29-9-12-32(35(17-29)45(60)61)40-33-13-10-30(55)18-36(33)63-37-19-31(56)11-14-34(37)40/h1-14,17-19,24,55H,15-16,20-23H2,(H,48,57)(H,49,59)(H,52,58)(H,60,61)(H3,47,50,51,53,54)/p+1. The second-order valence-electron chi connectivity index (χ2n) is 14.5. The lowest BCUT2D eigenvalue weighted by atomic mass is 9.90. The van der Waals surface area contributed by atoms with Gasteiger partial charge in [-0.25, -0.2) is 14.8 Å². The summed E-state index contributed by atoms with van der Waals surface area (Å²) < 4.78 is 11.8. The number of thioether (sulfide) groups is 1. The molecule has 0 radical (unpaired) electrons. The van der Waals surface area contributed by atoms with Crippen LogP contribution in [0, 0.1) is 0 Å². The number of nitrogens with zero attached hydrogens (tertiary/aromatic N) is 2. The summed E-state index contributed by atoms with van der Waals surface area (Å²) in [5, 5.41) is 29.3. The molecular weight excluding hydrogens is 841 g/mol. The van der Waals surface area contributed by atoms with Gasteiger partial charge in [-0.1, -0.05) is 42.5 Å². The number of aromatic carboxylic acids is 1. The van der Waals surface area contributed by atoms with Gasteiger partial charge in [0, 0.05) is 65.2 Å². The molecule has 6 aromatic rings. The molecule has 8 rings (SSSR count). The number of carbonyl (C=O) groups is 4. The highest BCUT2D eigenvalue weighted by molar-refractivity contribution is 7.99. The van der Waals surface area contributed by atoms with Crippen LogP contribution in [0.25, 0.3) is 44.6 Å². The van der Waals surface area contributed by atoms with Gasteiger partial charge in [0.15, 0.2) is 10.9 Å². The zero-order valence-electron chi connectivity index (χ0n) is 33.8. The van der Waals surface area contributed by atoms with Gasteiger partial charge in [0.1, 0.15) is 23.7 Å². The molecule has 0 unspecified atom stereocenters. The number of hydrogen-bond acceptors (Lipinski definition) is 12. The summed E-state index contributed by atoms with van der Waals surface area (Å²) in [4.78, 5) is 76.9. The number of benzene rings is 5. The number of amides is 3. The largest absolute Gasteiger partial charge is 0.508 e. The van der Waals surface area contributed by atoms with E-state index in [4.69, 9.17) is 14.9 Å². The van der Waals surface area contributed by atoms with Crippen molar-refractivity contribution < 1.29 is 43.5 Å². The molecule has 64 heavy (non-hydrogen) atoms. The van der Waals surface area contributed by atoms with Crippen LogP contribution < -0.4 is 36.8 Å². The lowest BCUT2D eigenvalue weighted by Gasteiger charge is -2.17. The van der Waals surface area contributed by atoms with Crippen LogP contribution in [0.1, 0.15) is 43.8 Å². The number of nitrogen functional groups attached to an aromatic ring is 1. The SMILES string of the molecule is Nc1nc2nc[nH]c2c(OCc2ccc(CNC(=O)c3ccc(CNC(=O)CCSCC(=O)Nc4ccc(-c5c6ccc(=O)cc-6oc6cc(O)ccc56)c(C(=O)O)c4)cc3)cc2)[nH+]1. The molecule has 322 valence electrons. The van der Waals surface area contributed by atoms with E-state index in [-0.39, 0.29) is 82.8 Å². The van der Waals surface area contributed by atoms with Crippen LogP contribution in [0.2, 0.25) is 0 Å². The predicted octanol–water partition coefficient (Wildman–Crippen LogP) is 5.52. The number of anilines is 2. The average molecular weight is 880 g/mol. The lowest BCUT2D eigenvalue weighted by Crippen LogP contribution is -2.24. The maximum absolute atomic E-state index is 12.8. The van der Waals surface area contributed by atoms with Gasteiger partial charge in [-0.05, 0) is 75.8 Å². The number of nitrogens with two attached hydrogens (primary N) is 1. The Bertz CT molecular complexity index is 3080. The van der Waals surface area contributed by atoms with E-state index in [9.17, 15) is 34.2 Å². The van der Waals surface area contributed by atoms with Gasteiger partial charge >= 0.3 is 11.9 Å². The third-order valence-corrected chi connectivity index (χ3v) is 11.0. The smallest absolute Gasteiger partial charge is 0.392 e. The van der Waals surface area contributed by atoms with E-state index in [0.29, 0.717) is 57.0 Å². The number of aromatic hydroxyl groups is 1. The van der Waals surface area contributed by atoms with Gasteiger partial charge < -0.3 is 40.3 Å². The number of aromatic amines is 2. The second-order valence-corrected chi connectivity index (χ2v) is 15.7. The average Bonchev–Trinajstić information content (AvgIpc) is 3.76. The number of rotatable bonds is 16. The van der Waals surface area contributed by atoms with E-state index < -0.39 is 5.97 Å². The molecule has 0 spiro atoms. The summed E-state index contributed by atoms with van der Waals surface area (Å²) in [6.07, 6.45) is 1.67. The first-order valence-corrected chi connectivity index (χ1v) is 20.9. The highest BCUT2D eigenvalue weighted by Crippen LogP contribution is 2.42. The number of imidazole rings is 1. The number of phenolic OH excluding ortho intramolecular Hbond substituents is 1. The van der Waals surface area contributed by atoms with E-state index in [0.717, 1.165) is 16.7 Å². The van der Waals surface area contributed by atoms with Crippen LogP contribution in [0.3, 0.4) is 0 Å². The van der Waals surface area contributed by atoms with E-state index in [2.05, 4.69) is 35.9 Å². The molecular formula is C46H39N8O9S+. The lowest BCUT2D eigenvalue weighted by molar-refractivity contribution is -0.380. The topological polar surface area (TPSA) is 266 Å². The number of carboxylic acids is 1. The Hall–Kier alpha value is -8.25. The molecule has 1 aliphatic heterocycles. The minimum absolute atomic E-state index is 0.0237. The molecule has 3 amide bonds. The second kappa shape index (κ2) is 18.8. The first kappa shape index (κ1) is 42.4. The Balaban J connectivity index is 0.764. The molecule has 18 heteroatoms. The minimum atomic E-state index is -1.24. The van der Waals surface area contributed by atoms with Crippen molar-refractivity contribution in [3.63, 3.8) is 0 Å². The van der Waals surface area contributed by atoms with Crippen LogP contribution in [0.5, 0.6) is 11.6 Å². The monoisotopic (exact) mass is 879 g/mol. The van der Waals surface area contributed by atoms with Crippen LogP contribution in [0.15, 0.2) is 119 Å². The Morgan fingerprint density at radius 3 is 2.36 bits per heavy atom. The fourth-order valence-corrected chi connectivity index (χ4v) is 7.65. The minimum Gasteiger partial charge on any atom is -0.508 e. The number of phenols is 1. The highest BCUT2D eigenvalue weighted by atomic mass is 32.2. The number of carbonyl (C=O) groups excluding carboxylic acids is 3. The van der Waals surface area contributed by atoms with E-state index in [1.807, 2.05) is 24.3 Å². The highest BCUT2D eigenvalue weighted by Gasteiger charge is 2.23. The number of fused-ring (bicyclic) bond motifs is 3. The summed E-state index contributed by atoms with van der Waals surface area (Å²) in [6.45, 7) is 0.854. The van der Waals surface area contributed by atoms with Gasteiger partial charge in [0.05, 0.1) is 17.6 Å². The van der Waals surface area contributed by atoms with Gasteiger partial charge in [-0.3, -0.25) is 24.9 Å². The van der Waals surface area contributed by atoms with Crippen molar-refractivity contribution >= 4 is 69.2 Å². The molecule has 9 N–H and O–H groups in total. The van der Waals surface area contributed by atoms with E-state index >= 15 is 0 Å². The summed E-state index contributed by atoms with van der Waals surface area (Å²) >= 11 is 1.25. The van der Waals surface area contributed by atoms with Gasteiger partial charge in [0.2, 0.25) is 11.8 Å². The molecule has 2 aromatic heterocycles. The number of carboxylic acid groups (broad SMARTS) is 1. The van der Waals surface area contributed by atoms with Crippen molar-refractivity contribution in [3.8, 4) is 34.1 Å². The van der Waals surface area contributed by atoms with Gasteiger partial charge in [-0.15, -0.1) is 0 Å².